The normalized spacial score (nSPS) is 10.7. The second kappa shape index (κ2) is 24.9. The van der Waals surface area contributed by atoms with Gasteiger partial charge in [0.1, 0.15) is 11.6 Å². The molecule has 0 saturated carbocycles. The Morgan fingerprint density at radius 1 is 0.545 bits per heavy atom. The molecule has 7 heterocycles. The monoisotopic (exact) mass is 753 g/mol. The molecule has 0 N–H and O–H groups in total. The third-order valence-electron chi connectivity index (χ3n) is 8.24. The van der Waals surface area contributed by atoms with Crippen molar-refractivity contribution in [2.45, 2.75) is 51.9 Å². The lowest BCUT2D eigenvalue weighted by Crippen LogP contribution is -2.01. The highest BCUT2D eigenvalue weighted by Crippen LogP contribution is 2.14. The van der Waals surface area contributed by atoms with Crippen molar-refractivity contribution >= 4 is 16.7 Å². The molecule has 14 heteroatoms. The quantitative estimate of drug-likeness (QED) is 0.0965. The summed E-state index contributed by atoms with van der Waals surface area (Å²) in [5.41, 5.74) is 5.42. The van der Waals surface area contributed by atoms with E-state index in [1.165, 1.54) is 11.2 Å². The second-order valence-electron chi connectivity index (χ2n) is 12.3. The van der Waals surface area contributed by atoms with Gasteiger partial charge in [0.05, 0.1) is 29.0 Å². The Morgan fingerprint density at radius 2 is 1.16 bits per heavy atom. The van der Waals surface area contributed by atoms with E-state index in [1.54, 1.807) is 39.2 Å². The fourth-order valence-electron chi connectivity index (χ4n) is 5.54. The molecule has 7 aromatic heterocycles. The van der Waals surface area contributed by atoms with Crippen molar-refractivity contribution in [2.24, 2.45) is 0 Å². The number of hydrogen-bond donors (Lipinski definition) is 0. The molecule has 0 aliphatic heterocycles. The van der Waals surface area contributed by atoms with Gasteiger partial charge in [-0.15, -0.1) is 15.3 Å². The zero-order valence-corrected chi connectivity index (χ0v) is 32.8. The molecule has 0 bridgehead atoms. The van der Waals surface area contributed by atoms with E-state index >= 15 is 0 Å². The number of aromatic nitrogens is 9. The van der Waals surface area contributed by atoms with Crippen molar-refractivity contribution in [2.75, 3.05) is 61.5 Å². The molecule has 0 aliphatic carbocycles. The summed E-state index contributed by atoms with van der Waals surface area (Å²) in [6.07, 6.45) is 14.3. The predicted octanol–water partition coefficient (Wildman–Crippen LogP) is 6.34. The fourth-order valence-corrected chi connectivity index (χ4v) is 5.54. The zero-order valence-electron chi connectivity index (χ0n) is 32.8. The van der Waals surface area contributed by atoms with E-state index in [4.69, 9.17) is 23.7 Å². The zero-order chi connectivity index (χ0) is 38.9. The van der Waals surface area contributed by atoms with Crippen LogP contribution in [0.2, 0.25) is 0 Å². The van der Waals surface area contributed by atoms with Crippen molar-refractivity contribution in [1.29, 1.82) is 0 Å². The largest absolute Gasteiger partial charge is 0.478 e. The summed E-state index contributed by atoms with van der Waals surface area (Å²) in [6, 6.07) is 23.7. The van der Waals surface area contributed by atoms with Crippen molar-refractivity contribution in [3.05, 3.63) is 121 Å². The van der Waals surface area contributed by atoms with Gasteiger partial charge in [0, 0.05) is 98.6 Å². The van der Waals surface area contributed by atoms with Crippen molar-refractivity contribution in [1.82, 2.24) is 43.8 Å². The van der Waals surface area contributed by atoms with E-state index < -0.39 is 0 Å². The lowest BCUT2D eigenvalue weighted by Gasteiger charge is -2.03. The highest BCUT2D eigenvalue weighted by molar-refractivity contribution is 5.53. The molecule has 0 atom stereocenters. The van der Waals surface area contributed by atoms with Crippen LogP contribution >= 0.6 is 0 Å². The van der Waals surface area contributed by atoms with Crippen LogP contribution in [0.25, 0.3) is 16.7 Å². The first-order chi connectivity index (χ1) is 27.1. The number of aryl methyl sites for hydroxylation is 4. The Bertz CT molecular complexity index is 1970. The summed E-state index contributed by atoms with van der Waals surface area (Å²) in [7, 11) is 6.84. The maximum Gasteiger partial charge on any atom is 0.213 e. The summed E-state index contributed by atoms with van der Waals surface area (Å²) in [5.74, 6) is 2.73. The minimum absolute atomic E-state index is 0.658. The Hall–Kier alpha value is -5.28. The SMILES string of the molecule is COCCCOc1ccccn1.COCCCc1nc(C)n2ccccc12.COCCCc1nnc2ccccn12.COCCCc1nnn2ccccc12. The lowest BCUT2D eigenvalue weighted by molar-refractivity contribution is 0.170. The van der Waals surface area contributed by atoms with Crippen LogP contribution in [-0.4, -0.2) is 105 Å². The van der Waals surface area contributed by atoms with Gasteiger partial charge in [-0.1, -0.05) is 29.5 Å². The summed E-state index contributed by atoms with van der Waals surface area (Å²) in [5, 5.41) is 16.3. The molecule has 0 radical (unpaired) electrons. The smallest absolute Gasteiger partial charge is 0.213 e. The molecule has 55 heavy (non-hydrogen) atoms. The van der Waals surface area contributed by atoms with E-state index in [0.29, 0.717) is 12.5 Å². The Balaban J connectivity index is 0.000000164. The highest BCUT2D eigenvalue weighted by Gasteiger charge is 2.07. The van der Waals surface area contributed by atoms with E-state index in [2.05, 4.69) is 53.2 Å². The summed E-state index contributed by atoms with van der Waals surface area (Å²) < 4.78 is 31.2. The summed E-state index contributed by atoms with van der Waals surface area (Å²) in [4.78, 5) is 8.58. The average molecular weight is 754 g/mol. The number of imidazole rings is 1. The van der Waals surface area contributed by atoms with Crippen LogP contribution in [0, 0.1) is 6.92 Å². The molecule has 7 aromatic rings. The highest BCUT2D eigenvalue weighted by atomic mass is 16.5. The molecule has 0 aliphatic rings. The van der Waals surface area contributed by atoms with Gasteiger partial charge >= 0.3 is 0 Å². The molecule has 0 amide bonds. The number of hydrogen-bond acceptors (Lipinski definition) is 11. The molecule has 14 nitrogen and oxygen atoms in total. The number of rotatable bonds is 17. The van der Waals surface area contributed by atoms with Crippen molar-refractivity contribution in [3.63, 3.8) is 0 Å². The van der Waals surface area contributed by atoms with Gasteiger partial charge in [-0.3, -0.25) is 4.40 Å². The number of methoxy groups -OCH3 is 4. The standard InChI is InChI=1S/C12H16N2O.2C10H13N3O.C9H13NO2/c1-10-13-11(6-5-9-15-2)12-7-3-4-8-14(10)12;1-14-8-4-5-9-10-6-2-3-7-13(10)12-11-9;1-14-8-4-6-10-12-11-9-5-2-3-7-13(9)10;1-11-7-4-8-12-9-5-2-3-6-10-9/h3-4,7-8H,5-6,9H2,1-2H3;2-3,6-7H,4-5,8H2,1H3;2-3,5,7H,4,6,8H2,1H3;2-3,5-6H,4,7-8H2,1H3. The molecule has 7 rings (SSSR count). The Morgan fingerprint density at radius 3 is 1.87 bits per heavy atom. The van der Waals surface area contributed by atoms with Crippen LogP contribution in [0.4, 0.5) is 0 Å². The van der Waals surface area contributed by atoms with Gasteiger partial charge in [-0.2, -0.15) is 0 Å². The predicted molar refractivity (Wildman–Crippen MR) is 213 cm³/mol. The van der Waals surface area contributed by atoms with Gasteiger partial charge in [-0.25, -0.2) is 14.5 Å². The molecule has 0 saturated heterocycles. The van der Waals surface area contributed by atoms with Crippen LogP contribution < -0.4 is 4.74 Å². The Kier molecular flexibility index (Phi) is 19.2. The van der Waals surface area contributed by atoms with Gasteiger partial charge in [-0.05, 0) is 81.5 Å². The number of fused-ring (bicyclic) bond motifs is 3. The molecular formula is C41H55N9O5. The van der Waals surface area contributed by atoms with Gasteiger partial charge in [0.2, 0.25) is 5.88 Å². The topological polar surface area (TPSA) is 137 Å². The maximum atomic E-state index is 5.32. The van der Waals surface area contributed by atoms with E-state index in [0.717, 1.165) is 99.9 Å². The first-order valence-corrected chi connectivity index (χ1v) is 18.6. The molecule has 0 spiro atoms. The molecule has 0 aromatic carbocycles. The third kappa shape index (κ3) is 14.1. The van der Waals surface area contributed by atoms with E-state index in [1.807, 2.05) is 84.4 Å². The van der Waals surface area contributed by atoms with Crippen molar-refractivity contribution in [3.8, 4) is 5.88 Å². The average Bonchev–Trinajstić information content (AvgIpc) is 3.93. The fraction of sp³-hybridized carbons (Fsp3) is 0.415. The van der Waals surface area contributed by atoms with E-state index in [9.17, 15) is 0 Å². The van der Waals surface area contributed by atoms with Crippen LogP contribution in [0.1, 0.15) is 48.7 Å². The maximum absolute atomic E-state index is 5.32. The number of nitrogens with zero attached hydrogens (tertiary/aromatic N) is 9. The molecule has 0 unspecified atom stereocenters. The molecule has 0 fully saturated rings. The van der Waals surface area contributed by atoms with Crippen molar-refractivity contribution < 1.29 is 23.7 Å². The third-order valence-corrected chi connectivity index (χ3v) is 8.24. The van der Waals surface area contributed by atoms with Crippen LogP contribution in [-0.2, 0) is 38.2 Å². The summed E-state index contributed by atoms with van der Waals surface area (Å²) in [6.45, 7) is 5.75. The van der Waals surface area contributed by atoms with Gasteiger partial charge in [0.25, 0.3) is 0 Å². The molecule has 294 valence electrons. The van der Waals surface area contributed by atoms with Crippen LogP contribution in [0.15, 0.2) is 97.6 Å². The minimum atomic E-state index is 0.658. The molecular weight excluding hydrogens is 699 g/mol. The lowest BCUT2D eigenvalue weighted by atomic mass is 10.2. The number of pyridine rings is 4. The first kappa shape index (κ1) is 42.5. The Labute approximate surface area is 323 Å². The minimum Gasteiger partial charge on any atom is -0.478 e. The van der Waals surface area contributed by atoms with Crippen LogP contribution in [0.3, 0.4) is 0 Å². The van der Waals surface area contributed by atoms with Crippen LogP contribution in [0.5, 0.6) is 5.88 Å². The first-order valence-electron chi connectivity index (χ1n) is 18.6. The summed E-state index contributed by atoms with van der Waals surface area (Å²) >= 11 is 0. The van der Waals surface area contributed by atoms with Gasteiger partial charge in [0.15, 0.2) is 5.65 Å². The number of ether oxygens (including phenoxy) is 5. The van der Waals surface area contributed by atoms with Gasteiger partial charge < -0.3 is 28.1 Å². The second-order valence-corrected chi connectivity index (χ2v) is 12.3. The van der Waals surface area contributed by atoms with E-state index in [-0.39, 0.29) is 0 Å².